The number of rotatable bonds is 6. The number of aliphatic hydroxyl groups is 1. The van der Waals surface area contributed by atoms with Crippen LogP contribution in [0.15, 0.2) is 47.2 Å². The summed E-state index contributed by atoms with van der Waals surface area (Å²) in [5.41, 5.74) is 7.61. The lowest BCUT2D eigenvalue weighted by Gasteiger charge is -2.16. The van der Waals surface area contributed by atoms with Crippen molar-refractivity contribution in [1.29, 1.82) is 0 Å². The molecule has 0 aliphatic carbocycles. The third kappa shape index (κ3) is 3.89. The smallest absolute Gasteiger partial charge is 0.268 e. The maximum atomic E-state index is 12.1. The van der Waals surface area contributed by atoms with E-state index in [-0.39, 0.29) is 11.5 Å². The Morgan fingerprint density at radius 3 is 2.61 bits per heavy atom. The second-order valence-corrected chi connectivity index (χ2v) is 6.10. The fourth-order valence-electron chi connectivity index (χ4n) is 2.50. The van der Waals surface area contributed by atoms with Crippen molar-refractivity contribution in [2.45, 2.75) is 13.0 Å². The Hall–Kier alpha value is -3.59. The molecule has 9 heteroatoms. The van der Waals surface area contributed by atoms with Gasteiger partial charge in [-0.05, 0) is 13.0 Å². The van der Waals surface area contributed by atoms with E-state index in [2.05, 4.69) is 15.1 Å². The summed E-state index contributed by atoms with van der Waals surface area (Å²) in [7, 11) is 1.59. The van der Waals surface area contributed by atoms with Gasteiger partial charge < -0.3 is 20.3 Å². The largest absolute Gasteiger partial charge is 0.376 e. The molecule has 1 atom stereocenters. The Balaban J connectivity index is 1.89. The minimum atomic E-state index is -1.42. The monoisotopic (exact) mass is 381 g/mol. The normalized spacial score (nSPS) is 11.8. The van der Waals surface area contributed by atoms with Crippen molar-refractivity contribution in [3.8, 4) is 22.5 Å². The van der Waals surface area contributed by atoms with Gasteiger partial charge in [-0.1, -0.05) is 23.4 Å². The lowest BCUT2D eigenvalue weighted by atomic mass is 10.1. The third-order valence-corrected chi connectivity index (χ3v) is 4.22. The first kappa shape index (κ1) is 19.2. The molecule has 2 heterocycles. The molecule has 0 spiro atoms. The van der Waals surface area contributed by atoms with Gasteiger partial charge >= 0.3 is 0 Å². The van der Waals surface area contributed by atoms with Crippen LogP contribution >= 0.6 is 0 Å². The molecule has 0 aliphatic rings. The van der Waals surface area contributed by atoms with E-state index >= 15 is 0 Å². The standard InChI is InChI=1S/C19H19N5O4/c1-3-24(2)19(27)17(25)16-8-13(23-28-16)11-5-4-6-12(7-11)14-9-21-10-15(22-14)18(20)26/h4-10,17,25H,3H2,1-2H3,(H2,20,26)/t17-/m1/s1. The summed E-state index contributed by atoms with van der Waals surface area (Å²) in [4.78, 5) is 32.9. The number of amides is 2. The van der Waals surface area contributed by atoms with Gasteiger partial charge in [-0.25, -0.2) is 4.98 Å². The van der Waals surface area contributed by atoms with Crippen LogP contribution in [0, 0.1) is 0 Å². The van der Waals surface area contributed by atoms with Crippen LogP contribution in [0.2, 0.25) is 0 Å². The molecule has 3 N–H and O–H groups in total. The highest BCUT2D eigenvalue weighted by molar-refractivity contribution is 5.91. The zero-order chi connectivity index (χ0) is 20.3. The van der Waals surface area contributed by atoms with E-state index < -0.39 is 17.9 Å². The highest BCUT2D eigenvalue weighted by Crippen LogP contribution is 2.27. The SMILES string of the molecule is CCN(C)C(=O)[C@H](O)c1cc(-c2cccc(-c3cncc(C(N)=O)n3)c2)no1. The van der Waals surface area contributed by atoms with Crippen molar-refractivity contribution in [3.63, 3.8) is 0 Å². The van der Waals surface area contributed by atoms with Crippen LogP contribution in [0.5, 0.6) is 0 Å². The Bertz CT molecular complexity index is 1020. The minimum absolute atomic E-state index is 0.0567. The highest BCUT2D eigenvalue weighted by Gasteiger charge is 2.25. The molecule has 28 heavy (non-hydrogen) atoms. The molecule has 0 fully saturated rings. The molecule has 144 valence electrons. The van der Waals surface area contributed by atoms with Crippen LogP contribution in [-0.4, -0.2) is 50.5 Å². The quantitative estimate of drug-likeness (QED) is 0.659. The summed E-state index contributed by atoms with van der Waals surface area (Å²) >= 11 is 0. The second kappa shape index (κ2) is 7.97. The van der Waals surface area contributed by atoms with Gasteiger partial charge in [0, 0.05) is 30.8 Å². The molecule has 0 unspecified atom stereocenters. The van der Waals surface area contributed by atoms with Crippen molar-refractivity contribution in [3.05, 3.63) is 54.2 Å². The number of primary amides is 1. The molecule has 0 aliphatic heterocycles. The third-order valence-electron chi connectivity index (χ3n) is 4.22. The summed E-state index contributed by atoms with van der Waals surface area (Å²) in [6.07, 6.45) is 1.39. The summed E-state index contributed by atoms with van der Waals surface area (Å²) < 4.78 is 5.16. The van der Waals surface area contributed by atoms with E-state index in [9.17, 15) is 14.7 Å². The van der Waals surface area contributed by atoms with Crippen LogP contribution in [0.3, 0.4) is 0 Å². The van der Waals surface area contributed by atoms with E-state index in [4.69, 9.17) is 10.3 Å². The fraction of sp³-hybridized carbons (Fsp3) is 0.211. The van der Waals surface area contributed by atoms with Crippen LogP contribution in [0.4, 0.5) is 0 Å². The molecular formula is C19H19N5O4. The van der Waals surface area contributed by atoms with E-state index in [1.165, 1.54) is 23.4 Å². The number of aliphatic hydroxyl groups excluding tert-OH is 1. The average molecular weight is 381 g/mol. The first-order chi connectivity index (χ1) is 13.4. The second-order valence-electron chi connectivity index (χ2n) is 6.10. The first-order valence-corrected chi connectivity index (χ1v) is 8.53. The molecule has 2 aromatic heterocycles. The molecule has 0 radical (unpaired) electrons. The van der Waals surface area contributed by atoms with Crippen LogP contribution in [-0.2, 0) is 4.79 Å². The Labute approximate surface area is 160 Å². The summed E-state index contributed by atoms with van der Waals surface area (Å²) in [6.45, 7) is 2.27. The van der Waals surface area contributed by atoms with Gasteiger partial charge in [0.15, 0.2) is 11.9 Å². The topological polar surface area (TPSA) is 135 Å². The van der Waals surface area contributed by atoms with E-state index in [0.29, 0.717) is 29.1 Å². The lowest BCUT2D eigenvalue weighted by molar-refractivity contribution is -0.139. The number of hydrogen-bond donors (Lipinski definition) is 2. The number of hydrogen-bond acceptors (Lipinski definition) is 7. The number of nitrogens with two attached hydrogens (primary N) is 1. The predicted octanol–water partition coefficient (Wildman–Crippen LogP) is 1.41. The van der Waals surface area contributed by atoms with Gasteiger partial charge in [0.1, 0.15) is 11.4 Å². The van der Waals surface area contributed by atoms with Gasteiger partial charge in [-0.3, -0.25) is 14.6 Å². The number of carbonyl (C=O) groups is 2. The summed E-state index contributed by atoms with van der Waals surface area (Å²) in [5, 5.41) is 14.1. The number of benzene rings is 1. The molecular weight excluding hydrogens is 362 g/mol. The van der Waals surface area contributed by atoms with E-state index in [0.717, 1.165) is 0 Å². The number of nitrogens with zero attached hydrogens (tertiary/aromatic N) is 4. The van der Waals surface area contributed by atoms with Crippen molar-refractivity contribution < 1.29 is 19.2 Å². The first-order valence-electron chi connectivity index (χ1n) is 8.53. The van der Waals surface area contributed by atoms with E-state index in [1.54, 1.807) is 38.2 Å². The Morgan fingerprint density at radius 1 is 1.21 bits per heavy atom. The van der Waals surface area contributed by atoms with Crippen LogP contribution in [0.1, 0.15) is 29.3 Å². The molecule has 0 saturated heterocycles. The maximum absolute atomic E-state index is 12.1. The molecule has 3 rings (SSSR count). The maximum Gasteiger partial charge on any atom is 0.268 e. The number of aromatic nitrogens is 3. The highest BCUT2D eigenvalue weighted by atomic mass is 16.5. The van der Waals surface area contributed by atoms with Gasteiger partial charge in [0.2, 0.25) is 0 Å². The van der Waals surface area contributed by atoms with Crippen LogP contribution < -0.4 is 5.73 Å². The van der Waals surface area contributed by atoms with Crippen molar-refractivity contribution in [1.82, 2.24) is 20.0 Å². The Kier molecular flexibility index (Phi) is 5.46. The lowest BCUT2D eigenvalue weighted by Crippen LogP contribution is -2.31. The molecule has 9 nitrogen and oxygen atoms in total. The number of likely N-dealkylation sites (N-methyl/N-ethyl adjacent to an activating group) is 1. The van der Waals surface area contributed by atoms with Gasteiger partial charge in [0.05, 0.1) is 18.1 Å². The summed E-state index contributed by atoms with van der Waals surface area (Å²) in [6, 6.07) is 8.67. The van der Waals surface area contributed by atoms with Gasteiger partial charge in [0.25, 0.3) is 11.8 Å². The van der Waals surface area contributed by atoms with Crippen LogP contribution in [0.25, 0.3) is 22.5 Å². The predicted molar refractivity (Wildman–Crippen MR) is 99.8 cm³/mol. The molecule has 0 saturated carbocycles. The number of carbonyl (C=O) groups excluding carboxylic acids is 2. The average Bonchev–Trinajstić information content (AvgIpc) is 3.22. The van der Waals surface area contributed by atoms with Crippen molar-refractivity contribution in [2.75, 3.05) is 13.6 Å². The van der Waals surface area contributed by atoms with Crippen molar-refractivity contribution >= 4 is 11.8 Å². The fourth-order valence-corrected chi connectivity index (χ4v) is 2.50. The molecule has 2 amide bonds. The Morgan fingerprint density at radius 2 is 1.93 bits per heavy atom. The van der Waals surface area contributed by atoms with Gasteiger partial charge in [-0.2, -0.15) is 0 Å². The zero-order valence-electron chi connectivity index (χ0n) is 15.4. The van der Waals surface area contributed by atoms with E-state index in [1.807, 2.05) is 0 Å². The molecule has 1 aromatic carbocycles. The molecule has 0 bridgehead atoms. The van der Waals surface area contributed by atoms with Crippen molar-refractivity contribution in [2.24, 2.45) is 5.73 Å². The minimum Gasteiger partial charge on any atom is -0.376 e. The molecule has 3 aromatic rings. The summed E-state index contributed by atoms with van der Waals surface area (Å²) in [5.74, 6) is -1.08. The van der Waals surface area contributed by atoms with Gasteiger partial charge in [-0.15, -0.1) is 0 Å². The zero-order valence-corrected chi connectivity index (χ0v) is 15.4.